The van der Waals surface area contributed by atoms with Gasteiger partial charge in [-0.05, 0) is 111 Å². The standard InChI is InChI=1S/C54H63FN8O9S/c1-32(2)38-6-4-5-7-39(38)42-28-61(52(65)34-8-9-34)19-14-45(42)62-30-54(31-62)17-20-60(21-18-54)35-10-11-40(47(22-35)72-36-23-41-43(55)27-57-50(41)56-26-36)51(64)59-73(69,70)37-24-46(63(67)68)49-48(25-37)71-29-44(58-49)33-12-15-53(3,66)16-13-33/h4-7,10-11,22-27,32-34,42,44-45,58,66H,8-9,12-21,28-31H2,1-3H3,(H,56,57)(H,59,64)/t33-,42-,44+,45-,53-/m0/s1. The third kappa shape index (κ3) is 9.71. The first-order valence-electron chi connectivity index (χ1n) is 25.8. The van der Waals surface area contributed by atoms with Crippen molar-refractivity contribution in [2.75, 3.05) is 56.1 Å². The fourth-order valence-corrected chi connectivity index (χ4v) is 13.3. The Labute approximate surface area is 424 Å². The second-order valence-corrected chi connectivity index (χ2v) is 23.8. The Morgan fingerprint density at radius 3 is 2.48 bits per heavy atom. The van der Waals surface area contributed by atoms with Gasteiger partial charge >= 0.3 is 0 Å². The van der Waals surface area contributed by atoms with Crippen LogP contribution in [0, 0.1) is 33.2 Å². The Morgan fingerprint density at radius 1 is 1.00 bits per heavy atom. The first-order valence-corrected chi connectivity index (χ1v) is 27.2. The number of aromatic amines is 1. The second kappa shape index (κ2) is 18.9. The molecule has 0 radical (unpaired) electrons. The van der Waals surface area contributed by atoms with Crippen LogP contribution in [0.1, 0.15) is 112 Å². The van der Waals surface area contributed by atoms with Crippen molar-refractivity contribution < 1.29 is 41.9 Å². The van der Waals surface area contributed by atoms with E-state index >= 15 is 0 Å². The molecule has 2 aromatic heterocycles. The number of nitro groups is 1. The van der Waals surface area contributed by atoms with Crippen molar-refractivity contribution in [1.29, 1.82) is 0 Å². The summed E-state index contributed by atoms with van der Waals surface area (Å²) in [6, 6.07) is 17.2. The maximum absolute atomic E-state index is 14.7. The van der Waals surface area contributed by atoms with Gasteiger partial charge in [-0.1, -0.05) is 38.1 Å². The van der Waals surface area contributed by atoms with Crippen molar-refractivity contribution in [3.05, 3.63) is 106 Å². The number of aliphatic hydroxyl groups is 1. The zero-order chi connectivity index (χ0) is 51.0. The van der Waals surface area contributed by atoms with E-state index in [4.69, 9.17) is 9.47 Å². The van der Waals surface area contributed by atoms with Gasteiger partial charge in [0.05, 0.1) is 38.6 Å². The molecule has 17 nitrogen and oxygen atoms in total. The number of piperidine rings is 2. The van der Waals surface area contributed by atoms with E-state index in [1.54, 1.807) is 19.1 Å². The van der Waals surface area contributed by atoms with E-state index in [2.05, 4.69) is 72.8 Å². The van der Waals surface area contributed by atoms with E-state index in [-0.39, 0.29) is 69.7 Å². The molecule has 3 saturated heterocycles. The SMILES string of the molecule is CC(C)c1ccccc1[C@@H]1CN(C(=O)C2CC2)CC[C@@H]1N1CC2(CCN(c3ccc(C(=O)NS(=O)(=O)c4cc5c(c([N+](=O)[O-])c4)N[C@@H]([C@H]4CC[C@](C)(O)CC4)CO5)c(Oc4cnc5[nH]cc(F)c5c4)c3)CC2)C1. The van der Waals surface area contributed by atoms with E-state index in [9.17, 15) is 37.6 Å². The second-order valence-electron chi connectivity index (χ2n) is 22.1. The number of carbonyl (C=O) groups is 2. The molecule has 2 aliphatic carbocycles. The number of likely N-dealkylation sites (tertiary alicyclic amines) is 2. The fourth-order valence-electron chi connectivity index (χ4n) is 12.3. The minimum absolute atomic E-state index is 0.00384. The lowest BCUT2D eigenvalue weighted by Gasteiger charge is -2.59. The number of nitrogens with one attached hydrogen (secondary N) is 3. The van der Waals surface area contributed by atoms with Gasteiger partial charge in [-0.3, -0.25) is 24.6 Å². The molecule has 1 spiro atoms. The first-order chi connectivity index (χ1) is 34.9. The van der Waals surface area contributed by atoms with Gasteiger partial charge in [0.25, 0.3) is 21.6 Å². The van der Waals surface area contributed by atoms with Gasteiger partial charge in [-0.2, -0.15) is 0 Å². The summed E-state index contributed by atoms with van der Waals surface area (Å²) in [5, 5.41) is 26.3. The summed E-state index contributed by atoms with van der Waals surface area (Å²) in [6.45, 7) is 11.3. The highest BCUT2D eigenvalue weighted by molar-refractivity contribution is 7.90. The van der Waals surface area contributed by atoms with Crippen molar-refractivity contribution >= 4 is 49.9 Å². The molecule has 386 valence electrons. The number of aromatic nitrogens is 2. The largest absolute Gasteiger partial charge is 0.489 e. The number of rotatable bonds is 12. The number of amides is 2. The number of ether oxygens (including phenoxy) is 2. The quantitative estimate of drug-likeness (QED) is 0.0683. The number of nitro benzene ring substituents is 1. The van der Waals surface area contributed by atoms with Crippen LogP contribution in [0.3, 0.4) is 0 Å². The molecular formula is C54H63FN8O9S. The normalized spacial score (nSPS) is 25.1. The molecule has 5 aromatic rings. The summed E-state index contributed by atoms with van der Waals surface area (Å²) in [5.41, 5.74) is 2.46. The van der Waals surface area contributed by atoms with Crippen LogP contribution in [0.4, 0.5) is 21.5 Å². The van der Waals surface area contributed by atoms with Crippen molar-refractivity contribution in [3.8, 4) is 17.2 Å². The van der Waals surface area contributed by atoms with E-state index < -0.39 is 42.9 Å². The molecule has 2 amide bonds. The van der Waals surface area contributed by atoms with Crippen LogP contribution in [-0.2, 0) is 14.8 Å². The lowest BCUT2D eigenvalue weighted by molar-refractivity contribution is -0.384. The summed E-state index contributed by atoms with van der Waals surface area (Å²) < 4.78 is 57.2. The van der Waals surface area contributed by atoms with Crippen LogP contribution < -0.4 is 24.4 Å². The van der Waals surface area contributed by atoms with Crippen molar-refractivity contribution in [2.45, 2.75) is 113 Å². The van der Waals surface area contributed by atoms with E-state index in [1.165, 1.54) is 35.7 Å². The molecule has 0 unspecified atom stereocenters. The van der Waals surface area contributed by atoms with Crippen LogP contribution in [0.25, 0.3) is 11.0 Å². The fraction of sp³-hybridized carbons (Fsp3) is 0.500. The molecule has 4 N–H and O–H groups in total. The molecule has 73 heavy (non-hydrogen) atoms. The third-order valence-corrected chi connectivity index (χ3v) is 18.0. The van der Waals surface area contributed by atoms with Crippen molar-refractivity contribution in [1.82, 2.24) is 24.5 Å². The number of hydrogen-bond acceptors (Lipinski definition) is 13. The number of nitrogens with zero attached hydrogens (tertiary/aromatic N) is 5. The lowest BCUT2D eigenvalue weighted by Crippen LogP contribution is -2.65. The molecule has 3 aromatic carbocycles. The molecule has 19 heteroatoms. The van der Waals surface area contributed by atoms with Gasteiger partial charge in [0.15, 0.2) is 11.4 Å². The van der Waals surface area contributed by atoms with Crippen LogP contribution in [0.15, 0.2) is 78.0 Å². The summed E-state index contributed by atoms with van der Waals surface area (Å²) in [7, 11) is -4.74. The molecule has 3 atom stereocenters. The number of carbonyl (C=O) groups excluding carboxylic acids is 2. The first kappa shape index (κ1) is 48.9. The van der Waals surface area contributed by atoms with Crippen molar-refractivity contribution in [2.24, 2.45) is 17.3 Å². The highest BCUT2D eigenvalue weighted by atomic mass is 32.2. The van der Waals surface area contributed by atoms with Crippen LogP contribution in [0.5, 0.6) is 17.2 Å². The molecule has 6 heterocycles. The molecule has 2 saturated carbocycles. The number of pyridine rings is 1. The minimum atomic E-state index is -4.74. The van der Waals surface area contributed by atoms with Crippen LogP contribution in [-0.4, -0.2) is 114 Å². The zero-order valence-electron chi connectivity index (χ0n) is 41.4. The highest BCUT2D eigenvalue weighted by Crippen LogP contribution is 2.48. The molecule has 6 aliphatic rings. The topological polar surface area (TPSA) is 213 Å². The predicted octanol–water partition coefficient (Wildman–Crippen LogP) is 8.46. The highest BCUT2D eigenvalue weighted by Gasteiger charge is 2.50. The Bertz CT molecular complexity index is 3080. The van der Waals surface area contributed by atoms with E-state index in [0.29, 0.717) is 49.2 Å². The van der Waals surface area contributed by atoms with Gasteiger partial charge in [0.1, 0.15) is 29.6 Å². The van der Waals surface area contributed by atoms with Gasteiger partial charge < -0.3 is 34.7 Å². The third-order valence-electron chi connectivity index (χ3n) is 16.7. The number of benzene rings is 3. The molecule has 4 aliphatic heterocycles. The molecule has 5 fully saturated rings. The number of anilines is 2. The Hall–Kier alpha value is -6.31. The summed E-state index contributed by atoms with van der Waals surface area (Å²) in [4.78, 5) is 52.8. The lowest BCUT2D eigenvalue weighted by atomic mass is 9.69. The van der Waals surface area contributed by atoms with Crippen LogP contribution in [0.2, 0.25) is 0 Å². The zero-order valence-corrected chi connectivity index (χ0v) is 42.3. The predicted molar refractivity (Wildman–Crippen MR) is 272 cm³/mol. The Morgan fingerprint density at radius 2 is 1.75 bits per heavy atom. The van der Waals surface area contributed by atoms with E-state index in [1.807, 2.05) is 0 Å². The van der Waals surface area contributed by atoms with Gasteiger partial charge in [0.2, 0.25) is 5.91 Å². The van der Waals surface area contributed by atoms with Gasteiger partial charge in [-0.15, -0.1) is 0 Å². The number of hydrogen-bond donors (Lipinski definition) is 4. The summed E-state index contributed by atoms with van der Waals surface area (Å²) in [5.74, 6) is -0.368. The summed E-state index contributed by atoms with van der Waals surface area (Å²) in [6.07, 6.45) is 9.87. The number of fused-ring (bicyclic) bond motifs is 2. The van der Waals surface area contributed by atoms with Crippen molar-refractivity contribution in [3.63, 3.8) is 0 Å². The van der Waals surface area contributed by atoms with Gasteiger partial charge in [-0.25, -0.2) is 22.5 Å². The molecule has 11 rings (SSSR count). The van der Waals surface area contributed by atoms with E-state index in [0.717, 1.165) is 89.2 Å². The molecular weight excluding hydrogens is 956 g/mol. The smallest absolute Gasteiger partial charge is 0.297 e. The maximum atomic E-state index is 14.7. The monoisotopic (exact) mass is 1020 g/mol. The molecule has 0 bridgehead atoms. The summed E-state index contributed by atoms with van der Waals surface area (Å²) >= 11 is 0. The Balaban J connectivity index is 0.807. The van der Waals surface area contributed by atoms with Crippen LogP contribution >= 0.6 is 0 Å². The number of H-pyrrole nitrogens is 1. The van der Waals surface area contributed by atoms with Gasteiger partial charge in [0, 0.05) is 87.2 Å². The average Bonchev–Trinajstić information content (AvgIpc) is 4.16. The number of sulfonamides is 1. The number of halogens is 1. The average molecular weight is 1020 g/mol. The Kier molecular flexibility index (Phi) is 12.6. The minimum Gasteiger partial charge on any atom is -0.489 e. The maximum Gasteiger partial charge on any atom is 0.297 e.